The molecule has 1 saturated heterocycles. The van der Waals surface area contributed by atoms with Crippen molar-refractivity contribution < 1.29 is 8.42 Å². The van der Waals surface area contributed by atoms with E-state index in [1.165, 1.54) is 10.4 Å². The number of anilines is 1. The Morgan fingerprint density at radius 2 is 2.00 bits per heavy atom. The number of thiophene rings is 1. The minimum atomic E-state index is -3.39. The Morgan fingerprint density at radius 1 is 1.38 bits per heavy atom. The van der Waals surface area contributed by atoms with E-state index in [4.69, 9.17) is 17.3 Å². The van der Waals surface area contributed by atoms with Gasteiger partial charge in [0.1, 0.15) is 8.55 Å². The molecule has 1 aliphatic heterocycles. The summed E-state index contributed by atoms with van der Waals surface area (Å²) in [5, 5.41) is 0. The minimum Gasteiger partial charge on any atom is -0.397 e. The van der Waals surface area contributed by atoms with Gasteiger partial charge < -0.3 is 5.73 Å². The average Bonchev–Trinajstić information content (AvgIpc) is 2.61. The fourth-order valence-corrected chi connectivity index (χ4v) is 5.70. The molecule has 0 unspecified atom stereocenters. The van der Waals surface area contributed by atoms with Crippen molar-refractivity contribution in [1.82, 2.24) is 4.31 Å². The van der Waals surface area contributed by atoms with Gasteiger partial charge >= 0.3 is 0 Å². The molecule has 0 saturated carbocycles. The highest BCUT2D eigenvalue weighted by molar-refractivity contribution is 7.99. The molecular weight excluding hydrogens is 288 g/mol. The van der Waals surface area contributed by atoms with E-state index in [2.05, 4.69) is 0 Å². The second kappa shape index (κ2) is 4.73. The second-order valence-corrected chi connectivity index (χ2v) is 8.35. The Hall–Kier alpha value is 0.0500. The SMILES string of the molecule is Nc1cc(S(=O)(=O)N2CCSCC2)sc1Cl. The van der Waals surface area contributed by atoms with Crippen LogP contribution in [0.25, 0.3) is 0 Å². The first-order valence-electron chi connectivity index (χ1n) is 4.64. The van der Waals surface area contributed by atoms with Gasteiger partial charge in [0.25, 0.3) is 10.0 Å². The Balaban J connectivity index is 2.30. The lowest BCUT2D eigenvalue weighted by Crippen LogP contribution is -2.37. The summed E-state index contributed by atoms with van der Waals surface area (Å²) in [5.41, 5.74) is 5.89. The number of rotatable bonds is 2. The molecule has 90 valence electrons. The van der Waals surface area contributed by atoms with E-state index < -0.39 is 10.0 Å². The van der Waals surface area contributed by atoms with Crippen molar-refractivity contribution in [3.63, 3.8) is 0 Å². The summed E-state index contributed by atoms with van der Waals surface area (Å²) in [7, 11) is -3.39. The predicted octanol–water partition coefficient (Wildman–Crippen LogP) is 1.72. The smallest absolute Gasteiger partial charge is 0.252 e. The maximum Gasteiger partial charge on any atom is 0.252 e. The normalized spacial score (nSPS) is 18.8. The summed E-state index contributed by atoms with van der Waals surface area (Å²) in [5.74, 6) is 1.68. The van der Waals surface area contributed by atoms with Crippen molar-refractivity contribution in [3.8, 4) is 0 Å². The van der Waals surface area contributed by atoms with Crippen LogP contribution in [0, 0.1) is 0 Å². The van der Waals surface area contributed by atoms with E-state index in [9.17, 15) is 8.42 Å². The van der Waals surface area contributed by atoms with Crippen molar-refractivity contribution in [3.05, 3.63) is 10.4 Å². The second-order valence-electron chi connectivity index (χ2n) is 3.31. The number of hydrogen-bond donors (Lipinski definition) is 1. The van der Waals surface area contributed by atoms with Crippen LogP contribution in [0.5, 0.6) is 0 Å². The first kappa shape index (κ1) is 12.5. The third kappa shape index (κ3) is 2.33. The Kier molecular flexibility index (Phi) is 3.70. The first-order chi connectivity index (χ1) is 7.51. The fourth-order valence-electron chi connectivity index (χ4n) is 1.40. The molecular formula is C8H11ClN2O2S3. The average molecular weight is 299 g/mol. The van der Waals surface area contributed by atoms with Gasteiger partial charge in [-0.3, -0.25) is 0 Å². The Bertz CT molecular complexity index is 460. The van der Waals surface area contributed by atoms with Gasteiger partial charge in [-0.25, -0.2) is 8.42 Å². The van der Waals surface area contributed by atoms with Crippen LogP contribution in [0.1, 0.15) is 0 Å². The zero-order valence-corrected chi connectivity index (χ0v) is 11.6. The predicted molar refractivity (Wildman–Crippen MR) is 69.8 cm³/mol. The summed E-state index contributed by atoms with van der Waals surface area (Å²) < 4.78 is 26.4. The van der Waals surface area contributed by atoms with Gasteiger partial charge in [-0.15, -0.1) is 11.3 Å². The molecule has 0 amide bonds. The van der Waals surface area contributed by atoms with Crippen molar-refractivity contribution >= 4 is 50.4 Å². The van der Waals surface area contributed by atoms with E-state index in [1.807, 2.05) is 0 Å². The highest BCUT2D eigenvalue weighted by Gasteiger charge is 2.28. The molecule has 2 heterocycles. The van der Waals surface area contributed by atoms with Crippen LogP contribution in [-0.2, 0) is 10.0 Å². The number of halogens is 1. The third-order valence-corrected chi connectivity index (χ3v) is 6.93. The number of sulfonamides is 1. The summed E-state index contributed by atoms with van der Waals surface area (Å²) >= 11 is 8.56. The zero-order valence-electron chi connectivity index (χ0n) is 8.35. The van der Waals surface area contributed by atoms with Gasteiger partial charge in [0, 0.05) is 24.6 Å². The van der Waals surface area contributed by atoms with Gasteiger partial charge in [-0.2, -0.15) is 16.1 Å². The fraction of sp³-hybridized carbons (Fsp3) is 0.500. The van der Waals surface area contributed by atoms with E-state index in [0.29, 0.717) is 23.1 Å². The molecule has 0 spiro atoms. The quantitative estimate of drug-likeness (QED) is 0.903. The monoisotopic (exact) mass is 298 g/mol. The van der Waals surface area contributed by atoms with Gasteiger partial charge in [-0.05, 0) is 6.07 Å². The number of nitrogen functional groups attached to an aromatic ring is 1. The van der Waals surface area contributed by atoms with Gasteiger partial charge in [0.15, 0.2) is 0 Å². The first-order valence-corrected chi connectivity index (χ1v) is 8.43. The lowest BCUT2D eigenvalue weighted by Gasteiger charge is -2.24. The van der Waals surface area contributed by atoms with Gasteiger partial charge in [-0.1, -0.05) is 11.6 Å². The molecule has 2 rings (SSSR count). The Labute approximate surface area is 108 Å². The largest absolute Gasteiger partial charge is 0.397 e. The van der Waals surface area contributed by atoms with Crippen LogP contribution in [-0.4, -0.2) is 37.3 Å². The zero-order chi connectivity index (χ0) is 11.8. The number of nitrogens with two attached hydrogens (primary N) is 1. The number of thioether (sulfide) groups is 1. The van der Waals surface area contributed by atoms with Crippen molar-refractivity contribution in [1.29, 1.82) is 0 Å². The van der Waals surface area contributed by atoms with Crippen molar-refractivity contribution in [2.45, 2.75) is 4.21 Å². The molecule has 0 bridgehead atoms. The highest BCUT2D eigenvalue weighted by Crippen LogP contribution is 2.34. The molecule has 0 aromatic carbocycles. The standard InChI is InChI=1S/C8H11ClN2O2S3/c9-8-6(10)5-7(15-8)16(12,13)11-1-3-14-4-2-11/h5H,1-4,10H2. The lowest BCUT2D eigenvalue weighted by molar-refractivity contribution is 0.445. The molecule has 16 heavy (non-hydrogen) atoms. The number of nitrogens with zero attached hydrogens (tertiary/aromatic N) is 1. The van der Waals surface area contributed by atoms with Crippen molar-refractivity contribution in [2.75, 3.05) is 30.3 Å². The molecule has 1 aliphatic rings. The van der Waals surface area contributed by atoms with Crippen LogP contribution in [0.2, 0.25) is 4.34 Å². The van der Waals surface area contributed by atoms with Crippen LogP contribution in [0.3, 0.4) is 0 Å². The molecule has 0 radical (unpaired) electrons. The van der Waals surface area contributed by atoms with Gasteiger partial charge in [0.05, 0.1) is 5.69 Å². The van der Waals surface area contributed by atoms with E-state index in [1.54, 1.807) is 11.8 Å². The minimum absolute atomic E-state index is 0.238. The third-order valence-electron chi connectivity index (χ3n) is 2.25. The molecule has 1 aromatic rings. The molecule has 2 N–H and O–H groups in total. The van der Waals surface area contributed by atoms with Crippen LogP contribution in [0.4, 0.5) is 5.69 Å². The van der Waals surface area contributed by atoms with E-state index in [0.717, 1.165) is 22.8 Å². The summed E-state index contributed by atoms with van der Waals surface area (Å²) in [4.78, 5) is 0. The highest BCUT2D eigenvalue weighted by atomic mass is 35.5. The van der Waals surface area contributed by atoms with Gasteiger partial charge in [0.2, 0.25) is 0 Å². The summed E-state index contributed by atoms with van der Waals surface area (Å²) in [6, 6.07) is 1.43. The maximum absolute atomic E-state index is 12.2. The number of hydrogen-bond acceptors (Lipinski definition) is 5. The molecule has 4 nitrogen and oxygen atoms in total. The van der Waals surface area contributed by atoms with Crippen LogP contribution < -0.4 is 5.73 Å². The molecule has 0 aliphatic carbocycles. The maximum atomic E-state index is 12.2. The van der Waals surface area contributed by atoms with Crippen LogP contribution in [0.15, 0.2) is 10.3 Å². The summed E-state index contributed by atoms with van der Waals surface area (Å²) in [6.45, 7) is 1.12. The molecule has 0 atom stereocenters. The Morgan fingerprint density at radius 3 is 2.50 bits per heavy atom. The summed E-state index contributed by atoms with van der Waals surface area (Å²) in [6.07, 6.45) is 0. The molecule has 8 heteroatoms. The van der Waals surface area contributed by atoms with E-state index >= 15 is 0 Å². The lowest BCUT2D eigenvalue weighted by atomic mass is 10.6. The van der Waals surface area contributed by atoms with Crippen molar-refractivity contribution in [2.24, 2.45) is 0 Å². The van der Waals surface area contributed by atoms with Crippen LogP contribution >= 0.6 is 34.7 Å². The van der Waals surface area contributed by atoms with E-state index in [-0.39, 0.29) is 4.21 Å². The topological polar surface area (TPSA) is 63.4 Å². The molecule has 1 fully saturated rings. The molecule has 1 aromatic heterocycles.